The molecule has 0 aliphatic carbocycles. The summed E-state index contributed by atoms with van der Waals surface area (Å²) in [7, 11) is 1.66. The molecule has 0 radical (unpaired) electrons. The van der Waals surface area contributed by atoms with E-state index in [1.165, 1.54) is 0 Å². The molecule has 1 atom stereocenters. The molecule has 96 valence electrons. The molecule has 0 saturated heterocycles. The van der Waals surface area contributed by atoms with E-state index in [0.29, 0.717) is 0 Å². The first-order chi connectivity index (χ1) is 8.67. The maximum atomic E-state index is 5.68. The largest absolute Gasteiger partial charge is 0.497 e. The Kier molecular flexibility index (Phi) is 3.69. The van der Waals surface area contributed by atoms with E-state index in [4.69, 9.17) is 15.0 Å². The molecule has 0 spiro atoms. The average Bonchev–Trinajstić information content (AvgIpc) is 2.78. The third-order valence-corrected chi connectivity index (χ3v) is 3.16. The van der Waals surface area contributed by atoms with E-state index >= 15 is 0 Å². The number of rotatable bonds is 4. The van der Waals surface area contributed by atoms with Crippen molar-refractivity contribution in [3.8, 4) is 5.75 Å². The topological polar surface area (TPSA) is 60.4 Å². The van der Waals surface area contributed by atoms with Gasteiger partial charge in [0.25, 0.3) is 0 Å². The van der Waals surface area contributed by atoms with Gasteiger partial charge in [-0.1, -0.05) is 6.07 Å². The molecular formula is C14H18N2O2. The van der Waals surface area contributed by atoms with Crippen LogP contribution in [0.1, 0.15) is 28.5 Å². The smallest absolute Gasteiger partial charge is 0.119 e. The second kappa shape index (κ2) is 5.25. The highest BCUT2D eigenvalue weighted by atomic mass is 16.5. The minimum Gasteiger partial charge on any atom is -0.497 e. The number of ether oxygens (including phenoxy) is 1. The quantitative estimate of drug-likeness (QED) is 0.642. The number of hydrogen-bond acceptors (Lipinski definition) is 4. The van der Waals surface area contributed by atoms with Crippen LogP contribution in [0.2, 0.25) is 0 Å². The Morgan fingerprint density at radius 2 is 2.00 bits per heavy atom. The van der Waals surface area contributed by atoms with E-state index in [0.717, 1.165) is 28.2 Å². The van der Waals surface area contributed by atoms with E-state index in [1.807, 2.05) is 38.1 Å². The van der Waals surface area contributed by atoms with Crippen molar-refractivity contribution in [2.45, 2.75) is 19.9 Å². The fourth-order valence-corrected chi connectivity index (χ4v) is 2.14. The number of aryl methyl sites for hydroxylation is 2. The molecule has 1 aromatic carbocycles. The van der Waals surface area contributed by atoms with Crippen molar-refractivity contribution in [3.63, 3.8) is 0 Å². The van der Waals surface area contributed by atoms with Gasteiger partial charge in [-0.15, -0.1) is 0 Å². The zero-order chi connectivity index (χ0) is 13.1. The molecule has 3 N–H and O–H groups in total. The highest BCUT2D eigenvalue weighted by molar-refractivity contribution is 5.41. The number of hydrazine groups is 1. The standard InChI is InChI=1S/C14H18N2O2/c1-9-8-11(17-3)4-5-12(9)14(16-15)13-6-7-18-10(13)2/h4-8,14,16H,15H2,1-3H3. The van der Waals surface area contributed by atoms with Crippen molar-refractivity contribution in [2.24, 2.45) is 5.84 Å². The lowest BCUT2D eigenvalue weighted by atomic mass is 9.95. The molecule has 2 aromatic rings. The lowest BCUT2D eigenvalue weighted by Crippen LogP contribution is -2.29. The number of nitrogens with one attached hydrogen (secondary N) is 1. The molecule has 0 aliphatic heterocycles. The fourth-order valence-electron chi connectivity index (χ4n) is 2.14. The molecule has 18 heavy (non-hydrogen) atoms. The first-order valence-corrected chi connectivity index (χ1v) is 5.82. The predicted molar refractivity (Wildman–Crippen MR) is 70.3 cm³/mol. The predicted octanol–water partition coefficient (Wildman–Crippen LogP) is 2.46. The molecule has 4 nitrogen and oxygen atoms in total. The Labute approximate surface area is 107 Å². The highest BCUT2D eigenvalue weighted by Gasteiger charge is 2.18. The Morgan fingerprint density at radius 1 is 1.22 bits per heavy atom. The molecule has 4 heteroatoms. The third kappa shape index (κ3) is 2.25. The molecular weight excluding hydrogens is 228 g/mol. The number of methoxy groups -OCH3 is 1. The summed E-state index contributed by atoms with van der Waals surface area (Å²) in [4.78, 5) is 0. The van der Waals surface area contributed by atoms with Gasteiger partial charge in [0.15, 0.2) is 0 Å². The number of benzene rings is 1. The molecule has 1 aromatic heterocycles. The molecule has 0 bridgehead atoms. The Bertz CT molecular complexity index is 534. The van der Waals surface area contributed by atoms with Gasteiger partial charge in [-0.3, -0.25) is 5.84 Å². The summed E-state index contributed by atoms with van der Waals surface area (Å²) in [5.74, 6) is 7.39. The van der Waals surface area contributed by atoms with Crippen molar-refractivity contribution in [2.75, 3.05) is 7.11 Å². The molecule has 1 heterocycles. The summed E-state index contributed by atoms with van der Waals surface area (Å²) in [6.07, 6.45) is 1.67. The van der Waals surface area contributed by atoms with Crippen LogP contribution in [0.5, 0.6) is 5.75 Å². The van der Waals surface area contributed by atoms with Crippen molar-refractivity contribution >= 4 is 0 Å². The van der Waals surface area contributed by atoms with Crippen molar-refractivity contribution in [1.82, 2.24) is 5.43 Å². The van der Waals surface area contributed by atoms with Crippen LogP contribution in [0.15, 0.2) is 34.9 Å². The molecule has 0 saturated carbocycles. The summed E-state index contributed by atoms with van der Waals surface area (Å²) in [5.41, 5.74) is 6.12. The lowest BCUT2D eigenvalue weighted by molar-refractivity contribution is 0.414. The van der Waals surface area contributed by atoms with Crippen molar-refractivity contribution < 1.29 is 9.15 Å². The maximum Gasteiger partial charge on any atom is 0.119 e. The van der Waals surface area contributed by atoms with Crippen LogP contribution in [-0.4, -0.2) is 7.11 Å². The van der Waals surface area contributed by atoms with Gasteiger partial charge in [-0.05, 0) is 43.2 Å². The van der Waals surface area contributed by atoms with E-state index in [9.17, 15) is 0 Å². The Balaban J connectivity index is 2.42. The van der Waals surface area contributed by atoms with E-state index < -0.39 is 0 Å². The van der Waals surface area contributed by atoms with Crippen molar-refractivity contribution in [1.29, 1.82) is 0 Å². The van der Waals surface area contributed by atoms with Crippen LogP contribution >= 0.6 is 0 Å². The summed E-state index contributed by atoms with van der Waals surface area (Å²) in [6, 6.07) is 7.81. The zero-order valence-corrected chi connectivity index (χ0v) is 10.9. The summed E-state index contributed by atoms with van der Waals surface area (Å²) < 4.78 is 10.5. The van der Waals surface area contributed by atoms with Crippen LogP contribution in [0.3, 0.4) is 0 Å². The lowest BCUT2D eigenvalue weighted by Gasteiger charge is -2.18. The maximum absolute atomic E-state index is 5.68. The molecule has 0 aliphatic rings. The van der Waals surface area contributed by atoms with Crippen LogP contribution in [0.25, 0.3) is 0 Å². The van der Waals surface area contributed by atoms with Gasteiger partial charge in [-0.25, -0.2) is 5.43 Å². The summed E-state index contributed by atoms with van der Waals surface area (Å²) in [6.45, 7) is 3.97. The second-order valence-corrected chi connectivity index (χ2v) is 4.25. The van der Waals surface area contributed by atoms with Crippen LogP contribution in [-0.2, 0) is 0 Å². The minimum atomic E-state index is -0.0744. The number of furan rings is 1. The second-order valence-electron chi connectivity index (χ2n) is 4.25. The zero-order valence-electron chi connectivity index (χ0n) is 10.9. The third-order valence-electron chi connectivity index (χ3n) is 3.16. The Morgan fingerprint density at radius 3 is 2.50 bits per heavy atom. The van der Waals surface area contributed by atoms with E-state index in [2.05, 4.69) is 5.43 Å². The summed E-state index contributed by atoms with van der Waals surface area (Å²) >= 11 is 0. The van der Waals surface area contributed by atoms with Gasteiger partial charge >= 0.3 is 0 Å². The van der Waals surface area contributed by atoms with Gasteiger partial charge in [0, 0.05) is 5.56 Å². The normalized spacial score (nSPS) is 12.4. The highest BCUT2D eigenvalue weighted by Crippen LogP contribution is 2.29. The molecule has 0 amide bonds. The SMILES string of the molecule is COc1ccc(C(NN)c2ccoc2C)c(C)c1. The van der Waals surface area contributed by atoms with Crippen LogP contribution in [0.4, 0.5) is 0 Å². The van der Waals surface area contributed by atoms with Crippen LogP contribution in [0, 0.1) is 13.8 Å². The molecule has 2 rings (SSSR count). The fraction of sp³-hybridized carbons (Fsp3) is 0.286. The Hall–Kier alpha value is -1.78. The van der Waals surface area contributed by atoms with Gasteiger partial charge in [0.1, 0.15) is 11.5 Å². The van der Waals surface area contributed by atoms with Gasteiger partial charge in [0.2, 0.25) is 0 Å². The minimum absolute atomic E-state index is 0.0744. The van der Waals surface area contributed by atoms with Crippen LogP contribution < -0.4 is 16.0 Å². The summed E-state index contributed by atoms with van der Waals surface area (Å²) in [5, 5.41) is 0. The van der Waals surface area contributed by atoms with E-state index in [-0.39, 0.29) is 6.04 Å². The first kappa shape index (κ1) is 12.7. The van der Waals surface area contributed by atoms with Gasteiger partial charge in [-0.2, -0.15) is 0 Å². The molecule has 1 unspecified atom stereocenters. The first-order valence-electron chi connectivity index (χ1n) is 5.82. The van der Waals surface area contributed by atoms with Crippen molar-refractivity contribution in [3.05, 3.63) is 53.0 Å². The van der Waals surface area contributed by atoms with E-state index in [1.54, 1.807) is 13.4 Å². The number of hydrogen-bond donors (Lipinski definition) is 2. The monoisotopic (exact) mass is 246 g/mol. The molecule has 0 fully saturated rings. The number of nitrogens with two attached hydrogens (primary N) is 1. The van der Waals surface area contributed by atoms with Gasteiger partial charge < -0.3 is 9.15 Å². The van der Waals surface area contributed by atoms with Gasteiger partial charge in [0.05, 0.1) is 19.4 Å². The average molecular weight is 246 g/mol.